The van der Waals surface area contributed by atoms with Crippen molar-refractivity contribution in [2.45, 2.75) is 27.2 Å². The fourth-order valence-corrected chi connectivity index (χ4v) is 1.73. The molecule has 1 fully saturated rings. The second-order valence-corrected chi connectivity index (χ2v) is 4.84. The van der Waals surface area contributed by atoms with Gasteiger partial charge in [0.1, 0.15) is 5.84 Å². The Morgan fingerprint density at radius 2 is 2.19 bits per heavy atom. The molecular weight excluding hydrogens is 200 g/mol. The maximum atomic E-state index is 5.92. The quantitative estimate of drug-likeness (QED) is 0.738. The summed E-state index contributed by atoms with van der Waals surface area (Å²) in [6.45, 7) is 9.15. The zero-order chi connectivity index (χ0) is 12.1. The summed E-state index contributed by atoms with van der Waals surface area (Å²) in [5.41, 5.74) is 1.13. The third-order valence-corrected chi connectivity index (χ3v) is 2.69. The molecule has 1 rings (SSSR count). The molecule has 16 heavy (non-hydrogen) atoms. The lowest BCUT2D eigenvalue weighted by Crippen LogP contribution is -2.52. The molecule has 92 valence electrons. The molecule has 0 atom stereocenters. The maximum Gasteiger partial charge on any atom is 0.133 e. The predicted molar refractivity (Wildman–Crippen MR) is 69.0 cm³/mol. The van der Waals surface area contributed by atoms with Crippen LogP contribution in [0.3, 0.4) is 0 Å². The molecular formula is C12H24N4. The first-order valence-electron chi connectivity index (χ1n) is 5.96. The molecule has 0 aromatic heterocycles. The second kappa shape index (κ2) is 6.01. The largest absolute Gasteiger partial charge is 0.297 e. The van der Waals surface area contributed by atoms with Crippen molar-refractivity contribution in [3.63, 3.8) is 0 Å². The monoisotopic (exact) mass is 224 g/mol. The van der Waals surface area contributed by atoms with Gasteiger partial charge >= 0.3 is 0 Å². The molecule has 0 unspecified atom stereocenters. The van der Waals surface area contributed by atoms with Gasteiger partial charge in [0.25, 0.3) is 0 Å². The fraction of sp³-hybridized carbons (Fsp3) is 0.750. The predicted octanol–water partition coefficient (Wildman–Crippen LogP) is 1.46. The van der Waals surface area contributed by atoms with E-state index in [1.165, 1.54) is 0 Å². The van der Waals surface area contributed by atoms with Gasteiger partial charge in [-0.15, -0.1) is 0 Å². The van der Waals surface area contributed by atoms with Crippen molar-refractivity contribution in [3.05, 3.63) is 11.8 Å². The van der Waals surface area contributed by atoms with Crippen molar-refractivity contribution in [1.29, 1.82) is 0 Å². The highest BCUT2D eigenvalue weighted by Crippen LogP contribution is 2.13. The summed E-state index contributed by atoms with van der Waals surface area (Å²) in [6, 6.07) is 0. The van der Waals surface area contributed by atoms with Crippen LogP contribution in [0.4, 0.5) is 0 Å². The molecule has 0 amide bonds. The Labute approximate surface area is 98.8 Å². The van der Waals surface area contributed by atoms with Gasteiger partial charge in [0.15, 0.2) is 0 Å². The first kappa shape index (κ1) is 13.2. The number of rotatable bonds is 3. The Hall–Kier alpha value is -0.870. The lowest BCUT2D eigenvalue weighted by atomic mass is 10.1. The van der Waals surface area contributed by atoms with Gasteiger partial charge in [-0.2, -0.15) is 0 Å². The number of amidine groups is 1. The smallest absolute Gasteiger partial charge is 0.133 e. The Morgan fingerprint density at radius 1 is 1.50 bits per heavy atom. The lowest BCUT2D eigenvalue weighted by molar-refractivity contribution is 0.268. The molecule has 1 aliphatic heterocycles. The Balaban J connectivity index is 2.71. The van der Waals surface area contributed by atoms with Crippen molar-refractivity contribution in [2.75, 3.05) is 26.7 Å². The molecule has 0 bridgehead atoms. The third-order valence-electron chi connectivity index (χ3n) is 2.69. The van der Waals surface area contributed by atoms with Gasteiger partial charge in [-0.25, -0.2) is 10.8 Å². The highest BCUT2D eigenvalue weighted by atomic mass is 15.5. The zero-order valence-corrected chi connectivity index (χ0v) is 10.9. The average Bonchev–Trinajstić information content (AvgIpc) is 2.21. The number of piperazine rings is 1. The van der Waals surface area contributed by atoms with Crippen LogP contribution in [0, 0.1) is 5.92 Å². The summed E-state index contributed by atoms with van der Waals surface area (Å²) >= 11 is 0. The van der Waals surface area contributed by atoms with Gasteiger partial charge in [-0.05, 0) is 26.3 Å². The van der Waals surface area contributed by atoms with E-state index in [-0.39, 0.29) is 0 Å². The third kappa shape index (κ3) is 3.94. The van der Waals surface area contributed by atoms with Crippen LogP contribution in [0.2, 0.25) is 0 Å². The summed E-state index contributed by atoms with van der Waals surface area (Å²) in [5.74, 6) is 7.53. The molecule has 0 saturated carbocycles. The van der Waals surface area contributed by atoms with E-state index in [2.05, 4.69) is 36.9 Å². The molecule has 1 heterocycles. The summed E-state index contributed by atoms with van der Waals surface area (Å²) < 4.78 is 0. The van der Waals surface area contributed by atoms with Gasteiger partial charge in [0.2, 0.25) is 0 Å². The van der Waals surface area contributed by atoms with E-state index in [4.69, 9.17) is 5.84 Å². The second-order valence-electron chi connectivity index (χ2n) is 4.84. The molecule has 0 radical (unpaired) electrons. The number of aliphatic imine (C=N–C) groups is 1. The Morgan fingerprint density at radius 3 is 2.75 bits per heavy atom. The molecule has 1 aliphatic rings. The molecule has 0 aromatic carbocycles. The van der Waals surface area contributed by atoms with Crippen molar-refractivity contribution in [1.82, 2.24) is 9.91 Å². The van der Waals surface area contributed by atoms with E-state index in [0.717, 1.165) is 37.6 Å². The molecule has 0 spiro atoms. The molecule has 2 N–H and O–H groups in total. The first-order valence-corrected chi connectivity index (χ1v) is 5.96. The number of hydrogen-bond donors (Lipinski definition) is 1. The van der Waals surface area contributed by atoms with Gasteiger partial charge in [-0.3, -0.25) is 9.91 Å². The van der Waals surface area contributed by atoms with Crippen LogP contribution in [0.1, 0.15) is 27.2 Å². The SMILES string of the molecule is C/C=C(/CC(C)C)N=C1CN(C)CCN1N. The van der Waals surface area contributed by atoms with Crippen LogP contribution in [0.15, 0.2) is 16.8 Å². The van der Waals surface area contributed by atoms with E-state index in [1.807, 2.05) is 6.92 Å². The molecule has 0 aromatic rings. The molecule has 4 nitrogen and oxygen atoms in total. The van der Waals surface area contributed by atoms with Gasteiger partial charge in [0.05, 0.1) is 6.54 Å². The van der Waals surface area contributed by atoms with Crippen molar-refractivity contribution < 1.29 is 0 Å². The van der Waals surface area contributed by atoms with Crippen LogP contribution in [0.25, 0.3) is 0 Å². The van der Waals surface area contributed by atoms with Crippen molar-refractivity contribution >= 4 is 5.84 Å². The van der Waals surface area contributed by atoms with Crippen molar-refractivity contribution in [2.24, 2.45) is 16.8 Å². The van der Waals surface area contributed by atoms with Crippen LogP contribution < -0.4 is 5.84 Å². The number of hydrogen-bond acceptors (Lipinski definition) is 3. The van der Waals surface area contributed by atoms with Gasteiger partial charge in [-0.1, -0.05) is 19.9 Å². The number of nitrogens with two attached hydrogens (primary N) is 1. The minimum Gasteiger partial charge on any atom is -0.297 e. The normalized spacial score (nSPS) is 22.2. The maximum absolute atomic E-state index is 5.92. The van der Waals surface area contributed by atoms with E-state index >= 15 is 0 Å². The van der Waals surface area contributed by atoms with Gasteiger partial charge < -0.3 is 0 Å². The molecule has 0 aliphatic carbocycles. The number of hydrazine groups is 1. The van der Waals surface area contributed by atoms with Crippen LogP contribution >= 0.6 is 0 Å². The van der Waals surface area contributed by atoms with E-state index in [0.29, 0.717) is 5.92 Å². The highest BCUT2D eigenvalue weighted by Gasteiger charge is 2.17. The van der Waals surface area contributed by atoms with Gasteiger partial charge in [0, 0.05) is 18.8 Å². The number of likely N-dealkylation sites (N-methyl/N-ethyl adjacent to an activating group) is 1. The zero-order valence-electron chi connectivity index (χ0n) is 10.9. The highest BCUT2D eigenvalue weighted by molar-refractivity contribution is 5.85. The fourth-order valence-electron chi connectivity index (χ4n) is 1.73. The summed E-state index contributed by atoms with van der Waals surface area (Å²) in [7, 11) is 2.10. The summed E-state index contributed by atoms with van der Waals surface area (Å²) in [6.07, 6.45) is 3.09. The van der Waals surface area contributed by atoms with Crippen LogP contribution in [-0.2, 0) is 0 Å². The Bertz CT molecular complexity index is 281. The van der Waals surface area contributed by atoms with E-state index in [1.54, 1.807) is 5.01 Å². The minimum absolute atomic E-state index is 0.628. The average molecular weight is 224 g/mol. The van der Waals surface area contributed by atoms with Crippen molar-refractivity contribution in [3.8, 4) is 0 Å². The van der Waals surface area contributed by atoms with E-state index in [9.17, 15) is 0 Å². The molecule has 1 saturated heterocycles. The lowest BCUT2D eigenvalue weighted by Gasteiger charge is -2.31. The Kier molecular flexibility index (Phi) is 4.96. The summed E-state index contributed by atoms with van der Waals surface area (Å²) in [4.78, 5) is 6.90. The molecule has 4 heteroatoms. The standard InChI is InChI=1S/C12H24N4/c1-5-11(8-10(2)3)14-12-9-15(4)6-7-16(12)13/h5,10H,6-9,13H2,1-4H3/b11-5-,14-12?. The minimum atomic E-state index is 0.628. The topological polar surface area (TPSA) is 44.9 Å². The first-order chi connectivity index (χ1) is 7.52. The van der Waals surface area contributed by atoms with Crippen LogP contribution in [0.5, 0.6) is 0 Å². The van der Waals surface area contributed by atoms with E-state index < -0.39 is 0 Å². The summed E-state index contributed by atoms with van der Waals surface area (Å²) in [5, 5.41) is 1.77. The number of nitrogens with zero attached hydrogens (tertiary/aromatic N) is 3. The van der Waals surface area contributed by atoms with Crippen LogP contribution in [-0.4, -0.2) is 42.4 Å². The number of allylic oxidation sites excluding steroid dienone is 2.